The molecule has 0 atom stereocenters. The predicted molar refractivity (Wildman–Crippen MR) is 97.2 cm³/mol. The summed E-state index contributed by atoms with van der Waals surface area (Å²) in [5, 5.41) is 3.61. The third-order valence-electron chi connectivity index (χ3n) is 5.01. The normalized spacial score (nSPS) is 21.6. The van der Waals surface area contributed by atoms with E-state index in [9.17, 15) is 4.79 Å². The maximum Gasteiger partial charge on any atom is 0.236 e. The lowest BCUT2D eigenvalue weighted by Gasteiger charge is -2.36. The maximum atomic E-state index is 12.5. The highest BCUT2D eigenvalue weighted by Crippen LogP contribution is 2.11. The molecular formula is C18H36N4O2. The van der Waals surface area contributed by atoms with Gasteiger partial charge in [0.15, 0.2) is 0 Å². The van der Waals surface area contributed by atoms with Crippen LogP contribution in [0.2, 0.25) is 0 Å². The number of likely N-dealkylation sites (N-methyl/N-ethyl adjacent to an activating group) is 1. The first-order chi connectivity index (χ1) is 11.5. The zero-order valence-corrected chi connectivity index (χ0v) is 15.8. The van der Waals surface area contributed by atoms with Gasteiger partial charge in [-0.15, -0.1) is 0 Å². The fraction of sp³-hybridized carbons (Fsp3) is 0.944. The lowest BCUT2D eigenvalue weighted by atomic mass is 10.0. The Hall–Kier alpha value is -0.690. The number of rotatable bonds is 8. The number of hydrogen-bond acceptors (Lipinski definition) is 5. The van der Waals surface area contributed by atoms with Gasteiger partial charge < -0.3 is 19.9 Å². The smallest absolute Gasteiger partial charge is 0.236 e. The number of hydrogen-bond donors (Lipinski definition) is 1. The van der Waals surface area contributed by atoms with Crippen molar-refractivity contribution in [3.05, 3.63) is 0 Å². The van der Waals surface area contributed by atoms with Crippen LogP contribution < -0.4 is 5.32 Å². The van der Waals surface area contributed by atoms with E-state index in [1.54, 1.807) is 0 Å². The lowest BCUT2D eigenvalue weighted by molar-refractivity contribution is -0.133. The second-order valence-corrected chi connectivity index (χ2v) is 7.46. The third kappa shape index (κ3) is 7.05. The molecule has 2 rings (SSSR count). The van der Waals surface area contributed by atoms with E-state index < -0.39 is 0 Å². The topological polar surface area (TPSA) is 48.1 Å². The second kappa shape index (κ2) is 10.3. The van der Waals surface area contributed by atoms with E-state index in [-0.39, 0.29) is 0 Å². The van der Waals surface area contributed by atoms with Gasteiger partial charge in [-0.25, -0.2) is 0 Å². The fourth-order valence-corrected chi connectivity index (χ4v) is 3.33. The van der Waals surface area contributed by atoms with E-state index in [0.29, 0.717) is 24.6 Å². The summed E-state index contributed by atoms with van der Waals surface area (Å²) in [5.41, 5.74) is 0. The molecule has 2 aliphatic rings. The molecule has 1 amide bonds. The van der Waals surface area contributed by atoms with Crippen molar-refractivity contribution >= 4 is 5.91 Å². The molecule has 1 N–H and O–H groups in total. The Morgan fingerprint density at radius 3 is 2.42 bits per heavy atom. The van der Waals surface area contributed by atoms with E-state index in [0.717, 1.165) is 71.7 Å². The summed E-state index contributed by atoms with van der Waals surface area (Å²) in [6.07, 6.45) is 3.51. The highest BCUT2D eigenvalue weighted by molar-refractivity contribution is 5.78. The minimum atomic E-state index is 0.309. The van der Waals surface area contributed by atoms with Gasteiger partial charge in [-0.1, -0.05) is 0 Å². The van der Waals surface area contributed by atoms with Gasteiger partial charge in [0, 0.05) is 51.9 Å². The molecule has 0 unspecified atom stereocenters. The van der Waals surface area contributed by atoms with Crippen molar-refractivity contribution in [3.63, 3.8) is 0 Å². The number of nitrogens with zero attached hydrogens (tertiary/aromatic N) is 3. The molecule has 0 bridgehead atoms. The Balaban J connectivity index is 1.56. The molecule has 2 fully saturated rings. The van der Waals surface area contributed by atoms with Gasteiger partial charge in [0.2, 0.25) is 5.91 Å². The van der Waals surface area contributed by atoms with Gasteiger partial charge in [0.05, 0.1) is 12.6 Å². The molecule has 0 aromatic carbocycles. The van der Waals surface area contributed by atoms with Gasteiger partial charge in [0.25, 0.3) is 0 Å². The van der Waals surface area contributed by atoms with Crippen LogP contribution in [0.15, 0.2) is 0 Å². The molecule has 2 saturated heterocycles. The molecule has 2 aliphatic heterocycles. The molecule has 0 aliphatic carbocycles. The monoisotopic (exact) mass is 340 g/mol. The molecule has 0 saturated carbocycles. The Labute approximate surface area is 147 Å². The average molecular weight is 341 g/mol. The summed E-state index contributed by atoms with van der Waals surface area (Å²) in [4.78, 5) is 19.1. The molecule has 0 aromatic heterocycles. The first-order valence-electron chi connectivity index (χ1n) is 9.58. The van der Waals surface area contributed by atoms with Crippen LogP contribution in [-0.4, -0.2) is 98.8 Å². The zero-order valence-electron chi connectivity index (χ0n) is 15.8. The van der Waals surface area contributed by atoms with Crippen LogP contribution in [0.1, 0.15) is 33.1 Å². The molecule has 24 heavy (non-hydrogen) atoms. The Morgan fingerprint density at radius 1 is 1.12 bits per heavy atom. The summed E-state index contributed by atoms with van der Waals surface area (Å²) in [6, 6.07) is 0.553. The number of piperidine rings is 1. The summed E-state index contributed by atoms with van der Waals surface area (Å²) >= 11 is 0. The van der Waals surface area contributed by atoms with Crippen LogP contribution in [0.3, 0.4) is 0 Å². The predicted octanol–water partition coefficient (Wildman–Crippen LogP) is 0.630. The number of amides is 1. The van der Waals surface area contributed by atoms with Crippen molar-refractivity contribution < 1.29 is 9.53 Å². The number of likely N-dealkylation sites (tertiary alicyclic amines) is 1. The van der Waals surface area contributed by atoms with Crippen LogP contribution in [0, 0.1) is 0 Å². The second-order valence-electron chi connectivity index (χ2n) is 7.46. The van der Waals surface area contributed by atoms with Crippen LogP contribution >= 0.6 is 0 Å². The first-order valence-corrected chi connectivity index (χ1v) is 9.58. The van der Waals surface area contributed by atoms with Gasteiger partial charge in [-0.3, -0.25) is 9.69 Å². The molecular weight excluding hydrogens is 304 g/mol. The number of piperazine rings is 1. The molecule has 6 heteroatoms. The van der Waals surface area contributed by atoms with Crippen molar-refractivity contribution in [2.24, 2.45) is 0 Å². The molecule has 0 aromatic rings. The van der Waals surface area contributed by atoms with Crippen molar-refractivity contribution in [2.45, 2.75) is 45.3 Å². The van der Waals surface area contributed by atoms with Crippen molar-refractivity contribution in [1.82, 2.24) is 20.0 Å². The van der Waals surface area contributed by atoms with Crippen LogP contribution in [0.4, 0.5) is 0 Å². The summed E-state index contributed by atoms with van der Waals surface area (Å²) < 4.78 is 5.56. The Morgan fingerprint density at radius 2 is 1.79 bits per heavy atom. The number of carbonyl (C=O) groups is 1. The van der Waals surface area contributed by atoms with Crippen molar-refractivity contribution in [3.8, 4) is 0 Å². The van der Waals surface area contributed by atoms with E-state index in [2.05, 4.69) is 40.9 Å². The van der Waals surface area contributed by atoms with E-state index >= 15 is 0 Å². The van der Waals surface area contributed by atoms with Crippen LogP contribution in [0.5, 0.6) is 0 Å². The third-order valence-corrected chi connectivity index (χ3v) is 5.01. The van der Waals surface area contributed by atoms with Crippen molar-refractivity contribution in [2.75, 3.05) is 66.0 Å². The summed E-state index contributed by atoms with van der Waals surface area (Å²) in [6.45, 7) is 12.5. The minimum Gasteiger partial charge on any atom is -0.379 e. The van der Waals surface area contributed by atoms with E-state index in [4.69, 9.17) is 4.74 Å². The first kappa shape index (κ1) is 19.6. The standard InChI is InChI=1S/C18H36N4O2/c1-16(2)24-14-4-7-19-17-5-8-22(9-6-17)18(23)15-21-12-10-20(3)11-13-21/h16-17,19H,4-15H2,1-3H3. The molecule has 2 heterocycles. The largest absolute Gasteiger partial charge is 0.379 e. The van der Waals surface area contributed by atoms with Crippen LogP contribution in [-0.2, 0) is 9.53 Å². The van der Waals surface area contributed by atoms with Crippen LogP contribution in [0.25, 0.3) is 0 Å². The van der Waals surface area contributed by atoms with Crippen molar-refractivity contribution in [1.29, 1.82) is 0 Å². The average Bonchev–Trinajstić information content (AvgIpc) is 2.57. The lowest BCUT2D eigenvalue weighted by Crippen LogP contribution is -2.51. The van der Waals surface area contributed by atoms with Gasteiger partial charge in [0.1, 0.15) is 0 Å². The number of ether oxygens (including phenoxy) is 1. The molecule has 140 valence electrons. The summed E-state index contributed by atoms with van der Waals surface area (Å²) in [7, 11) is 2.14. The maximum absolute atomic E-state index is 12.5. The van der Waals surface area contributed by atoms with E-state index in [1.165, 1.54) is 0 Å². The molecule has 6 nitrogen and oxygen atoms in total. The van der Waals surface area contributed by atoms with Gasteiger partial charge >= 0.3 is 0 Å². The highest BCUT2D eigenvalue weighted by atomic mass is 16.5. The van der Waals surface area contributed by atoms with E-state index in [1.807, 2.05) is 0 Å². The molecule has 0 radical (unpaired) electrons. The highest BCUT2D eigenvalue weighted by Gasteiger charge is 2.24. The quantitative estimate of drug-likeness (QED) is 0.657. The van der Waals surface area contributed by atoms with Gasteiger partial charge in [-0.2, -0.15) is 0 Å². The molecule has 0 spiro atoms. The number of nitrogens with one attached hydrogen (secondary N) is 1. The SMILES string of the molecule is CC(C)OCCCNC1CCN(C(=O)CN2CCN(C)CC2)CC1. The zero-order chi connectivity index (χ0) is 17.4. The summed E-state index contributed by atoms with van der Waals surface area (Å²) in [5.74, 6) is 0.309. The Bertz CT molecular complexity index is 362. The van der Waals surface area contributed by atoms with Gasteiger partial charge in [-0.05, 0) is 46.7 Å². The fourth-order valence-electron chi connectivity index (χ4n) is 3.33. The minimum absolute atomic E-state index is 0.309. The number of carbonyl (C=O) groups excluding carboxylic acids is 1. The Kier molecular flexibility index (Phi) is 8.45.